The van der Waals surface area contributed by atoms with Crippen molar-refractivity contribution in [2.45, 2.75) is 38.1 Å². The fourth-order valence-electron chi connectivity index (χ4n) is 2.27. The lowest BCUT2D eigenvalue weighted by Crippen LogP contribution is -2.47. The molecule has 16 heavy (non-hydrogen) atoms. The summed E-state index contributed by atoms with van der Waals surface area (Å²) in [4.78, 5) is 3.31. The van der Waals surface area contributed by atoms with Gasteiger partial charge in [0.25, 0.3) is 0 Å². The van der Waals surface area contributed by atoms with Crippen molar-refractivity contribution < 1.29 is 0 Å². The molecular formula is C13H23N3. The molecule has 2 rings (SSSR count). The molecule has 0 amide bonds. The molecule has 1 atom stereocenters. The number of piperidine rings is 1. The Morgan fingerprint density at radius 2 is 2.38 bits per heavy atom. The smallest absolute Gasteiger partial charge is 0.0217 e. The lowest BCUT2D eigenvalue weighted by Gasteiger charge is -2.30. The highest BCUT2D eigenvalue weighted by Crippen LogP contribution is 2.20. The molecule has 3 N–H and O–H groups in total. The highest BCUT2D eigenvalue weighted by molar-refractivity contribution is 5.15. The Labute approximate surface area is 98.0 Å². The molecule has 1 unspecified atom stereocenters. The maximum absolute atomic E-state index is 3.67. The van der Waals surface area contributed by atoms with E-state index in [0.29, 0.717) is 6.04 Å². The molecule has 0 saturated carbocycles. The van der Waals surface area contributed by atoms with Gasteiger partial charge in [0.15, 0.2) is 0 Å². The summed E-state index contributed by atoms with van der Waals surface area (Å²) in [5, 5.41) is 7.10. The number of hydrogen-bond acceptors (Lipinski definition) is 2. The third-order valence-corrected chi connectivity index (χ3v) is 3.46. The molecule has 0 bridgehead atoms. The van der Waals surface area contributed by atoms with Crippen LogP contribution in [0, 0.1) is 0 Å². The first kappa shape index (κ1) is 11.7. The van der Waals surface area contributed by atoms with Crippen molar-refractivity contribution in [3.05, 3.63) is 24.0 Å². The van der Waals surface area contributed by atoms with Crippen LogP contribution in [-0.4, -0.2) is 30.7 Å². The first-order valence-corrected chi connectivity index (χ1v) is 6.26. The topological polar surface area (TPSA) is 39.8 Å². The molecule has 1 fully saturated rings. The SMILES string of the molecule is CC(C)(CNC1CCCNC1)c1ccc[nH]1. The molecule has 0 spiro atoms. The summed E-state index contributed by atoms with van der Waals surface area (Å²) >= 11 is 0. The van der Waals surface area contributed by atoms with E-state index in [1.165, 1.54) is 25.1 Å². The predicted octanol–water partition coefficient (Wildman–Crippen LogP) is 1.63. The molecule has 1 aliphatic rings. The van der Waals surface area contributed by atoms with Crippen molar-refractivity contribution in [2.75, 3.05) is 19.6 Å². The average molecular weight is 221 g/mol. The van der Waals surface area contributed by atoms with Crippen molar-refractivity contribution in [3.63, 3.8) is 0 Å². The summed E-state index contributed by atoms with van der Waals surface area (Å²) in [6, 6.07) is 4.88. The fourth-order valence-corrected chi connectivity index (χ4v) is 2.27. The van der Waals surface area contributed by atoms with E-state index in [4.69, 9.17) is 0 Å². The van der Waals surface area contributed by atoms with E-state index >= 15 is 0 Å². The van der Waals surface area contributed by atoms with E-state index in [-0.39, 0.29) is 5.41 Å². The Bertz CT molecular complexity index is 297. The van der Waals surface area contributed by atoms with E-state index in [0.717, 1.165) is 13.1 Å². The Hall–Kier alpha value is -0.800. The van der Waals surface area contributed by atoms with Gasteiger partial charge < -0.3 is 15.6 Å². The van der Waals surface area contributed by atoms with Gasteiger partial charge in [-0.1, -0.05) is 13.8 Å². The second kappa shape index (κ2) is 5.02. The monoisotopic (exact) mass is 221 g/mol. The third-order valence-electron chi connectivity index (χ3n) is 3.46. The van der Waals surface area contributed by atoms with Gasteiger partial charge in [-0.15, -0.1) is 0 Å². The van der Waals surface area contributed by atoms with Gasteiger partial charge >= 0.3 is 0 Å². The number of aromatic nitrogens is 1. The predicted molar refractivity (Wildman–Crippen MR) is 67.7 cm³/mol. The van der Waals surface area contributed by atoms with Gasteiger partial charge in [0.1, 0.15) is 0 Å². The first-order chi connectivity index (χ1) is 7.68. The molecule has 90 valence electrons. The Kier molecular flexibility index (Phi) is 3.66. The van der Waals surface area contributed by atoms with E-state index in [1.807, 2.05) is 6.20 Å². The van der Waals surface area contributed by atoms with Crippen LogP contribution in [0.15, 0.2) is 18.3 Å². The molecular weight excluding hydrogens is 198 g/mol. The summed E-state index contributed by atoms with van der Waals surface area (Å²) in [6.07, 6.45) is 4.59. The number of hydrogen-bond donors (Lipinski definition) is 3. The Morgan fingerprint density at radius 3 is 3.00 bits per heavy atom. The van der Waals surface area contributed by atoms with Crippen molar-refractivity contribution in [2.24, 2.45) is 0 Å². The first-order valence-electron chi connectivity index (χ1n) is 6.26. The molecule has 2 heterocycles. The van der Waals surface area contributed by atoms with Crippen LogP contribution in [0.3, 0.4) is 0 Å². The van der Waals surface area contributed by atoms with Crippen LogP contribution in [-0.2, 0) is 5.41 Å². The minimum atomic E-state index is 0.181. The summed E-state index contributed by atoms with van der Waals surface area (Å²) in [6.45, 7) is 7.88. The van der Waals surface area contributed by atoms with Gasteiger partial charge in [0, 0.05) is 36.4 Å². The van der Waals surface area contributed by atoms with Gasteiger partial charge in [0.05, 0.1) is 0 Å². The van der Waals surface area contributed by atoms with Gasteiger partial charge in [-0.2, -0.15) is 0 Å². The lowest BCUT2D eigenvalue weighted by atomic mass is 9.89. The average Bonchev–Trinajstić information content (AvgIpc) is 2.82. The van der Waals surface area contributed by atoms with Crippen LogP contribution >= 0.6 is 0 Å². The normalized spacial score (nSPS) is 22.2. The third kappa shape index (κ3) is 2.86. The number of aromatic amines is 1. The van der Waals surface area contributed by atoms with Crippen LogP contribution in [0.4, 0.5) is 0 Å². The summed E-state index contributed by atoms with van der Waals surface area (Å²) < 4.78 is 0. The molecule has 3 heteroatoms. The van der Waals surface area contributed by atoms with Gasteiger partial charge in [-0.25, -0.2) is 0 Å². The van der Waals surface area contributed by atoms with Crippen LogP contribution in [0.25, 0.3) is 0 Å². The maximum Gasteiger partial charge on any atom is 0.0217 e. The zero-order chi connectivity index (χ0) is 11.4. The van der Waals surface area contributed by atoms with E-state index in [2.05, 4.69) is 41.6 Å². The van der Waals surface area contributed by atoms with Crippen LogP contribution in [0.1, 0.15) is 32.4 Å². The van der Waals surface area contributed by atoms with Gasteiger partial charge in [0.2, 0.25) is 0 Å². The van der Waals surface area contributed by atoms with Crippen molar-refractivity contribution >= 4 is 0 Å². The molecule has 1 aromatic rings. The van der Waals surface area contributed by atoms with Crippen LogP contribution in [0.5, 0.6) is 0 Å². The molecule has 0 aromatic carbocycles. The van der Waals surface area contributed by atoms with Crippen molar-refractivity contribution in [1.29, 1.82) is 0 Å². The molecule has 3 nitrogen and oxygen atoms in total. The van der Waals surface area contributed by atoms with Crippen molar-refractivity contribution in [3.8, 4) is 0 Å². The molecule has 1 saturated heterocycles. The molecule has 0 radical (unpaired) electrons. The van der Waals surface area contributed by atoms with E-state index < -0.39 is 0 Å². The zero-order valence-corrected chi connectivity index (χ0v) is 10.3. The number of nitrogens with one attached hydrogen (secondary N) is 3. The summed E-state index contributed by atoms with van der Waals surface area (Å²) in [7, 11) is 0. The quantitative estimate of drug-likeness (QED) is 0.723. The number of H-pyrrole nitrogens is 1. The zero-order valence-electron chi connectivity index (χ0n) is 10.3. The largest absolute Gasteiger partial charge is 0.365 e. The minimum Gasteiger partial charge on any atom is -0.365 e. The van der Waals surface area contributed by atoms with Crippen molar-refractivity contribution in [1.82, 2.24) is 15.6 Å². The minimum absolute atomic E-state index is 0.181. The molecule has 1 aromatic heterocycles. The lowest BCUT2D eigenvalue weighted by molar-refractivity contribution is 0.351. The van der Waals surface area contributed by atoms with Crippen LogP contribution < -0.4 is 10.6 Å². The van der Waals surface area contributed by atoms with Crippen LogP contribution in [0.2, 0.25) is 0 Å². The second-order valence-corrected chi connectivity index (χ2v) is 5.39. The van der Waals surface area contributed by atoms with Gasteiger partial charge in [-0.05, 0) is 31.5 Å². The highest BCUT2D eigenvalue weighted by atomic mass is 15.0. The molecule has 0 aliphatic carbocycles. The summed E-state index contributed by atoms with van der Waals surface area (Å²) in [5.74, 6) is 0. The number of rotatable bonds is 4. The fraction of sp³-hybridized carbons (Fsp3) is 0.692. The van der Waals surface area contributed by atoms with E-state index in [9.17, 15) is 0 Å². The Balaban J connectivity index is 1.84. The maximum atomic E-state index is 3.67. The Morgan fingerprint density at radius 1 is 1.50 bits per heavy atom. The highest BCUT2D eigenvalue weighted by Gasteiger charge is 2.23. The molecule has 1 aliphatic heterocycles. The second-order valence-electron chi connectivity index (χ2n) is 5.39. The summed E-state index contributed by atoms with van der Waals surface area (Å²) in [5.41, 5.74) is 1.49. The van der Waals surface area contributed by atoms with Gasteiger partial charge in [-0.3, -0.25) is 0 Å². The standard InChI is InChI=1S/C13H23N3/c1-13(2,12-6-4-8-15-12)10-16-11-5-3-7-14-9-11/h4,6,8,11,14-16H,3,5,7,9-10H2,1-2H3. The van der Waals surface area contributed by atoms with E-state index in [1.54, 1.807) is 0 Å².